The van der Waals surface area contributed by atoms with Gasteiger partial charge >= 0.3 is 12.1 Å². The number of carbonyl (C=O) groups excluding carboxylic acids is 1. The van der Waals surface area contributed by atoms with Crippen LogP contribution in [0.4, 0.5) is 13.2 Å². The van der Waals surface area contributed by atoms with Gasteiger partial charge in [0.2, 0.25) is 0 Å². The lowest BCUT2D eigenvalue weighted by Crippen LogP contribution is -2.27. The number of pyridine rings is 1. The molecule has 0 saturated carbocycles. The number of hydrogen-bond donors (Lipinski definition) is 2. The largest absolute Gasteiger partial charge is 0.478 e. The molecular formula is C28H21F3N4O3S. The summed E-state index contributed by atoms with van der Waals surface area (Å²) in [5, 5.41) is 18.3. The van der Waals surface area contributed by atoms with Crippen molar-refractivity contribution in [1.82, 2.24) is 19.3 Å². The van der Waals surface area contributed by atoms with Crippen LogP contribution in [-0.4, -0.2) is 31.0 Å². The molecule has 1 atom stereocenters. The fraction of sp³-hybridized carbons (Fsp3) is 0.143. The molecule has 0 bridgehead atoms. The Hall–Kier alpha value is -4.51. The Kier molecular flexibility index (Phi) is 6.92. The minimum absolute atomic E-state index is 0.141. The van der Waals surface area contributed by atoms with E-state index in [-0.39, 0.29) is 17.9 Å². The molecule has 0 spiro atoms. The minimum atomic E-state index is -4.43. The van der Waals surface area contributed by atoms with Crippen LogP contribution in [0.25, 0.3) is 16.8 Å². The van der Waals surface area contributed by atoms with E-state index in [4.69, 9.17) is 5.11 Å². The zero-order valence-electron chi connectivity index (χ0n) is 20.4. The molecular weight excluding hydrogens is 529 g/mol. The fourth-order valence-corrected chi connectivity index (χ4v) is 4.82. The summed E-state index contributed by atoms with van der Waals surface area (Å²) in [5.41, 5.74) is 3.64. The number of carboxylic acids is 1. The van der Waals surface area contributed by atoms with Crippen molar-refractivity contribution in [2.75, 3.05) is 0 Å². The van der Waals surface area contributed by atoms with Crippen molar-refractivity contribution in [2.45, 2.75) is 25.6 Å². The van der Waals surface area contributed by atoms with Gasteiger partial charge in [-0.1, -0.05) is 24.3 Å². The summed E-state index contributed by atoms with van der Waals surface area (Å²) in [4.78, 5) is 24.8. The second-order valence-corrected chi connectivity index (χ2v) is 9.65. The van der Waals surface area contributed by atoms with Gasteiger partial charge in [0.05, 0.1) is 40.1 Å². The van der Waals surface area contributed by atoms with Crippen LogP contribution in [-0.2, 0) is 12.6 Å². The highest BCUT2D eigenvalue weighted by Gasteiger charge is 2.30. The van der Waals surface area contributed by atoms with E-state index in [9.17, 15) is 22.8 Å². The zero-order valence-corrected chi connectivity index (χ0v) is 21.3. The first kappa shape index (κ1) is 26.1. The molecule has 0 unspecified atom stereocenters. The monoisotopic (exact) mass is 550 g/mol. The minimum Gasteiger partial charge on any atom is -0.478 e. The third-order valence-corrected chi connectivity index (χ3v) is 6.91. The predicted molar refractivity (Wildman–Crippen MR) is 140 cm³/mol. The summed E-state index contributed by atoms with van der Waals surface area (Å²) >= 11 is 1.27. The molecule has 5 aromatic rings. The van der Waals surface area contributed by atoms with Gasteiger partial charge in [0.25, 0.3) is 5.91 Å². The van der Waals surface area contributed by atoms with Crippen molar-refractivity contribution >= 4 is 28.9 Å². The van der Waals surface area contributed by atoms with Crippen molar-refractivity contribution in [3.8, 4) is 11.3 Å². The Labute approximate surface area is 224 Å². The molecule has 0 aliphatic carbocycles. The number of aromatic carboxylic acids is 1. The van der Waals surface area contributed by atoms with Crippen LogP contribution in [0.3, 0.4) is 0 Å². The topological polar surface area (TPSA) is 96.6 Å². The van der Waals surface area contributed by atoms with Gasteiger partial charge in [-0.3, -0.25) is 4.79 Å². The van der Waals surface area contributed by atoms with Crippen LogP contribution in [0.2, 0.25) is 0 Å². The van der Waals surface area contributed by atoms with E-state index < -0.39 is 23.8 Å². The van der Waals surface area contributed by atoms with Crippen molar-refractivity contribution in [3.05, 3.63) is 112 Å². The number of nitrogens with one attached hydrogen (secondary N) is 1. The Balaban J connectivity index is 1.50. The number of halogens is 3. The molecule has 7 nitrogen and oxygen atoms in total. The van der Waals surface area contributed by atoms with Crippen LogP contribution in [0.15, 0.2) is 78.4 Å². The Morgan fingerprint density at radius 3 is 2.41 bits per heavy atom. The molecule has 0 saturated heterocycles. The quantitative estimate of drug-likeness (QED) is 0.250. The molecule has 5 rings (SSSR count). The maximum atomic E-state index is 13.6. The molecule has 0 aliphatic heterocycles. The van der Waals surface area contributed by atoms with E-state index in [1.165, 1.54) is 35.8 Å². The zero-order chi connectivity index (χ0) is 27.7. The highest BCUT2D eigenvalue weighted by molar-refractivity contribution is 7.03. The maximum absolute atomic E-state index is 13.6. The third-order valence-electron chi connectivity index (χ3n) is 6.35. The summed E-state index contributed by atoms with van der Waals surface area (Å²) in [6.45, 7) is 1.79. The van der Waals surface area contributed by atoms with E-state index >= 15 is 0 Å². The molecule has 39 heavy (non-hydrogen) atoms. The first-order chi connectivity index (χ1) is 18.6. The van der Waals surface area contributed by atoms with Gasteiger partial charge in [0.15, 0.2) is 0 Å². The number of carbonyl (C=O) groups is 2. The Bertz CT molecular complexity index is 1640. The molecule has 0 radical (unpaired) electrons. The van der Waals surface area contributed by atoms with Gasteiger partial charge in [-0.25, -0.2) is 9.31 Å². The van der Waals surface area contributed by atoms with Crippen molar-refractivity contribution < 1.29 is 27.9 Å². The molecule has 11 heteroatoms. The van der Waals surface area contributed by atoms with Gasteiger partial charge in [-0.15, -0.1) is 0 Å². The smallest absolute Gasteiger partial charge is 0.416 e. The van der Waals surface area contributed by atoms with Gasteiger partial charge in [0, 0.05) is 29.1 Å². The number of amides is 1. The molecule has 3 heterocycles. The molecule has 198 valence electrons. The summed E-state index contributed by atoms with van der Waals surface area (Å²) in [5.74, 6) is -1.43. The van der Waals surface area contributed by atoms with Crippen LogP contribution in [0, 0.1) is 0 Å². The van der Waals surface area contributed by atoms with Crippen LogP contribution in [0.5, 0.6) is 0 Å². The van der Waals surface area contributed by atoms with E-state index in [1.54, 1.807) is 42.0 Å². The molecule has 0 aliphatic rings. The fourth-order valence-electron chi connectivity index (χ4n) is 4.29. The standard InChI is InChI=1S/C28H21F3N4O3S/c1-16(18-4-6-19(7-5-18)27(37)38)33-26(36)23-13-21(24-10-11-39-34-24)15-35-25(23)20(14-32-35)12-17-2-8-22(9-3-17)28(29,30)31/h2-11,13-16H,12H2,1H3,(H,33,36)(H,37,38)/t16-/m0/s1. The average Bonchev–Trinajstić information content (AvgIpc) is 3.59. The maximum Gasteiger partial charge on any atom is 0.416 e. The number of benzene rings is 2. The SMILES string of the molecule is C[C@H](NC(=O)c1cc(-c2ccsn2)cn2ncc(Cc3ccc(C(F)(F)F)cc3)c12)c1ccc(C(=O)O)cc1. The van der Waals surface area contributed by atoms with Crippen LogP contribution >= 0.6 is 11.5 Å². The number of fused-ring (bicyclic) bond motifs is 1. The van der Waals surface area contributed by atoms with Crippen molar-refractivity contribution in [1.29, 1.82) is 0 Å². The third kappa shape index (κ3) is 5.53. The lowest BCUT2D eigenvalue weighted by molar-refractivity contribution is -0.137. The number of carboxylic acid groups (broad SMARTS) is 1. The number of hydrogen-bond acceptors (Lipinski definition) is 5. The van der Waals surface area contributed by atoms with E-state index in [0.29, 0.717) is 33.5 Å². The van der Waals surface area contributed by atoms with Crippen LogP contribution < -0.4 is 5.32 Å². The van der Waals surface area contributed by atoms with Crippen molar-refractivity contribution in [3.63, 3.8) is 0 Å². The van der Waals surface area contributed by atoms with Gasteiger partial charge in [-0.2, -0.15) is 22.6 Å². The highest BCUT2D eigenvalue weighted by atomic mass is 32.1. The molecule has 3 aromatic heterocycles. The summed E-state index contributed by atoms with van der Waals surface area (Å²) in [6.07, 6.45) is -0.802. The second kappa shape index (κ2) is 10.3. The number of rotatable bonds is 7. The number of aromatic nitrogens is 3. The Morgan fingerprint density at radius 2 is 1.79 bits per heavy atom. The predicted octanol–water partition coefficient (Wildman–Crippen LogP) is 6.26. The molecule has 2 N–H and O–H groups in total. The van der Waals surface area contributed by atoms with E-state index in [1.807, 2.05) is 11.4 Å². The van der Waals surface area contributed by atoms with E-state index in [0.717, 1.165) is 17.7 Å². The lowest BCUT2D eigenvalue weighted by atomic mass is 10.0. The highest BCUT2D eigenvalue weighted by Crippen LogP contribution is 2.30. The first-order valence-corrected chi connectivity index (χ1v) is 12.6. The Morgan fingerprint density at radius 1 is 1.08 bits per heavy atom. The van der Waals surface area contributed by atoms with Gasteiger partial charge in [0.1, 0.15) is 0 Å². The van der Waals surface area contributed by atoms with Gasteiger partial charge in [-0.05, 0) is 66.0 Å². The number of alkyl halides is 3. The first-order valence-electron chi connectivity index (χ1n) is 11.8. The van der Waals surface area contributed by atoms with Gasteiger partial charge < -0.3 is 10.4 Å². The average molecular weight is 551 g/mol. The second-order valence-electron chi connectivity index (χ2n) is 8.98. The lowest BCUT2D eigenvalue weighted by Gasteiger charge is -2.16. The van der Waals surface area contributed by atoms with E-state index in [2.05, 4.69) is 14.8 Å². The normalized spacial score (nSPS) is 12.4. The molecule has 1 amide bonds. The summed E-state index contributed by atoms with van der Waals surface area (Å²) in [6, 6.07) is 14.2. The number of nitrogens with zero attached hydrogens (tertiary/aromatic N) is 3. The summed E-state index contributed by atoms with van der Waals surface area (Å²) in [7, 11) is 0. The molecule has 0 fully saturated rings. The van der Waals surface area contributed by atoms with Crippen molar-refractivity contribution in [2.24, 2.45) is 0 Å². The van der Waals surface area contributed by atoms with Crippen LogP contribution in [0.1, 0.15) is 55.9 Å². The molecule has 2 aromatic carbocycles. The summed E-state index contributed by atoms with van der Waals surface area (Å²) < 4.78 is 44.9.